The summed E-state index contributed by atoms with van der Waals surface area (Å²) in [6.45, 7) is 2.11. The number of anilines is 1. The summed E-state index contributed by atoms with van der Waals surface area (Å²) >= 11 is 0. The van der Waals surface area contributed by atoms with Gasteiger partial charge in [-0.05, 0) is 37.3 Å². The summed E-state index contributed by atoms with van der Waals surface area (Å²) < 4.78 is 2.18. The molecule has 0 radical (unpaired) electrons. The third-order valence-corrected chi connectivity index (χ3v) is 3.28. The Bertz CT molecular complexity index is 708. The van der Waals surface area contributed by atoms with E-state index in [1.807, 2.05) is 18.3 Å². The number of nitrogens with zero attached hydrogens (tertiary/aromatic N) is 2. The SMILES string of the molecule is Cc1ccc2c(c1)cc(-c1ccc(N)nc1)n2C. The van der Waals surface area contributed by atoms with Gasteiger partial charge < -0.3 is 10.3 Å². The molecule has 0 bridgehead atoms. The molecular formula is C15H15N3. The van der Waals surface area contributed by atoms with Gasteiger partial charge in [-0.1, -0.05) is 11.6 Å². The molecule has 3 heteroatoms. The van der Waals surface area contributed by atoms with E-state index < -0.39 is 0 Å². The first kappa shape index (κ1) is 10.8. The molecule has 0 aliphatic carbocycles. The normalized spacial score (nSPS) is 11.0. The van der Waals surface area contributed by atoms with E-state index in [-0.39, 0.29) is 0 Å². The first-order valence-corrected chi connectivity index (χ1v) is 5.93. The molecule has 2 aromatic heterocycles. The van der Waals surface area contributed by atoms with Gasteiger partial charge in [-0.2, -0.15) is 0 Å². The Morgan fingerprint density at radius 2 is 1.94 bits per heavy atom. The maximum Gasteiger partial charge on any atom is 0.123 e. The molecule has 0 atom stereocenters. The fourth-order valence-corrected chi connectivity index (χ4v) is 2.30. The zero-order valence-corrected chi connectivity index (χ0v) is 10.5. The highest BCUT2D eigenvalue weighted by molar-refractivity contribution is 5.87. The van der Waals surface area contributed by atoms with Gasteiger partial charge >= 0.3 is 0 Å². The van der Waals surface area contributed by atoms with Crippen LogP contribution in [0.2, 0.25) is 0 Å². The maximum atomic E-state index is 5.62. The van der Waals surface area contributed by atoms with Gasteiger partial charge in [-0.3, -0.25) is 0 Å². The van der Waals surface area contributed by atoms with E-state index >= 15 is 0 Å². The average molecular weight is 237 g/mol. The summed E-state index contributed by atoms with van der Waals surface area (Å²) in [5, 5.41) is 1.25. The molecule has 0 amide bonds. The number of hydrogen-bond acceptors (Lipinski definition) is 2. The molecule has 0 saturated heterocycles. The molecule has 0 aliphatic heterocycles. The van der Waals surface area contributed by atoms with Crippen molar-refractivity contribution in [3.8, 4) is 11.3 Å². The summed E-state index contributed by atoms with van der Waals surface area (Å²) in [5.74, 6) is 0.549. The molecule has 0 unspecified atom stereocenters. The van der Waals surface area contributed by atoms with Gasteiger partial charge in [-0.15, -0.1) is 0 Å². The minimum Gasteiger partial charge on any atom is -0.384 e. The summed E-state index contributed by atoms with van der Waals surface area (Å²) in [5.41, 5.74) is 10.4. The van der Waals surface area contributed by atoms with Crippen LogP contribution >= 0.6 is 0 Å². The number of benzene rings is 1. The van der Waals surface area contributed by atoms with Gasteiger partial charge in [0.05, 0.1) is 5.69 Å². The van der Waals surface area contributed by atoms with Gasteiger partial charge in [0.25, 0.3) is 0 Å². The zero-order valence-electron chi connectivity index (χ0n) is 10.5. The molecule has 2 heterocycles. The third-order valence-electron chi connectivity index (χ3n) is 3.28. The monoisotopic (exact) mass is 237 g/mol. The third kappa shape index (κ3) is 1.64. The minimum atomic E-state index is 0.549. The first-order chi connectivity index (χ1) is 8.65. The quantitative estimate of drug-likeness (QED) is 0.706. The number of aryl methyl sites for hydroxylation is 2. The standard InChI is InChI=1S/C15H15N3/c1-10-3-5-13-12(7-10)8-14(18(13)2)11-4-6-15(16)17-9-11/h3-9H,1-2H3,(H2,16,17). The van der Waals surface area contributed by atoms with Crippen LogP contribution in [0.25, 0.3) is 22.2 Å². The van der Waals surface area contributed by atoms with Crippen LogP contribution in [-0.4, -0.2) is 9.55 Å². The molecule has 90 valence electrons. The summed E-state index contributed by atoms with van der Waals surface area (Å²) in [6, 6.07) is 12.5. The van der Waals surface area contributed by atoms with Gasteiger partial charge in [0.2, 0.25) is 0 Å². The number of aromatic nitrogens is 2. The lowest BCUT2D eigenvalue weighted by molar-refractivity contribution is 0.976. The van der Waals surface area contributed by atoms with Crippen molar-refractivity contribution in [3.05, 3.63) is 48.2 Å². The topological polar surface area (TPSA) is 43.8 Å². The van der Waals surface area contributed by atoms with Crippen molar-refractivity contribution >= 4 is 16.7 Å². The van der Waals surface area contributed by atoms with Crippen molar-refractivity contribution in [3.63, 3.8) is 0 Å². The van der Waals surface area contributed by atoms with E-state index in [4.69, 9.17) is 5.73 Å². The number of nitrogen functional groups attached to an aromatic ring is 1. The lowest BCUT2D eigenvalue weighted by atomic mass is 10.1. The second kappa shape index (κ2) is 3.88. The zero-order chi connectivity index (χ0) is 12.7. The molecule has 0 aliphatic rings. The van der Waals surface area contributed by atoms with E-state index in [0.717, 1.165) is 11.3 Å². The molecule has 3 rings (SSSR count). The highest BCUT2D eigenvalue weighted by atomic mass is 14.9. The predicted molar refractivity (Wildman–Crippen MR) is 75.3 cm³/mol. The molecule has 0 spiro atoms. The van der Waals surface area contributed by atoms with Gasteiger partial charge in [0.1, 0.15) is 5.82 Å². The van der Waals surface area contributed by atoms with E-state index in [1.165, 1.54) is 16.5 Å². The number of nitrogens with two attached hydrogens (primary N) is 1. The van der Waals surface area contributed by atoms with Crippen molar-refractivity contribution in [1.82, 2.24) is 9.55 Å². The number of hydrogen-bond donors (Lipinski definition) is 1. The van der Waals surface area contributed by atoms with E-state index in [0.29, 0.717) is 5.82 Å². The number of pyridine rings is 1. The molecule has 2 N–H and O–H groups in total. The highest BCUT2D eigenvalue weighted by Gasteiger charge is 2.07. The van der Waals surface area contributed by atoms with E-state index in [2.05, 4.69) is 47.8 Å². The van der Waals surface area contributed by atoms with Crippen LogP contribution in [0.3, 0.4) is 0 Å². The summed E-state index contributed by atoms with van der Waals surface area (Å²) in [6.07, 6.45) is 1.82. The first-order valence-electron chi connectivity index (χ1n) is 5.93. The molecule has 0 saturated carbocycles. The molecule has 0 fully saturated rings. The Hall–Kier alpha value is -2.29. The number of rotatable bonds is 1. The fourth-order valence-electron chi connectivity index (χ4n) is 2.30. The smallest absolute Gasteiger partial charge is 0.123 e. The van der Waals surface area contributed by atoms with Crippen molar-refractivity contribution in [2.45, 2.75) is 6.92 Å². The maximum absolute atomic E-state index is 5.62. The Labute approximate surface area is 106 Å². The van der Waals surface area contributed by atoms with Crippen molar-refractivity contribution < 1.29 is 0 Å². The van der Waals surface area contributed by atoms with Crippen molar-refractivity contribution in [2.75, 3.05) is 5.73 Å². The van der Waals surface area contributed by atoms with Crippen LogP contribution in [0, 0.1) is 6.92 Å². The van der Waals surface area contributed by atoms with Crippen LogP contribution in [0.15, 0.2) is 42.6 Å². The van der Waals surface area contributed by atoms with Crippen LogP contribution in [0.5, 0.6) is 0 Å². The van der Waals surface area contributed by atoms with Crippen LogP contribution in [0.1, 0.15) is 5.56 Å². The van der Waals surface area contributed by atoms with Crippen LogP contribution < -0.4 is 5.73 Å². The minimum absolute atomic E-state index is 0.549. The van der Waals surface area contributed by atoms with Crippen molar-refractivity contribution in [2.24, 2.45) is 7.05 Å². The van der Waals surface area contributed by atoms with Crippen molar-refractivity contribution in [1.29, 1.82) is 0 Å². The molecule has 18 heavy (non-hydrogen) atoms. The Morgan fingerprint density at radius 3 is 2.67 bits per heavy atom. The second-order valence-electron chi connectivity index (χ2n) is 4.62. The molecular weight excluding hydrogens is 222 g/mol. The fraction of sp³-hybridized carbons (Fsp3) is 0.133. The molecule has 1 aromatic carbocycles. The number of fused-ring (bicyclic) bond motifs is 1. The second-order valence-corrected chi connectivity index (χ2v) is 4.62. The Balaban J connectivity index is 2.23. The molecule has 3 nitrogen and oxygen atoms in total. The molecule has 3 aromatic rings. The van der Waals surface area contributed by atoms with E-state index in [1.54, 1.807) is 0 Å². The predicted octanol–water partition coefficient (Wildman–Crippen LogP) is 3.13. The lowest BCUT2D eigenvalue weighted by Gasteiger charge is -2.04. The Kier molecular flexibility index (Phi) is 2.33. The van der Waals surface area contributed by atoms with Gasteiger partial charge in [-0.25, -0.2) is 4.98 Å². The lowest BCUT2D eigenvalue weighted by Crippen LogP contribution is -1.93. The van der Waals surface area contributed by atoms with Gasteiger partial charge in [0, 0.05) is 29.7 Å². The van der Waals surface area contributed by atoms with E-state index in [9.17, 15) is 0 Å². The average Bonchev–Trinajstić information content (AvgIpc) is 2.67. The van der Waals surface area contributed by atoms with Gasteiger partial charge in [0.15, 0.2) is 0 Å². The summed E-state index contributed by atoms with van der Waals surface area (Å²) in [7, 11) is 2.07. The largest absolute Gasteiger partial charge is 0.384 e. The summed E-state index contributed by atoms with van der Waals surface area (Å²) in [4.78, 5) is 4.15. The van der Waals surface area contributed by atoms with Crippen LogP contribution in [-0.2, 0) is 7.05 Å². The van der Waals surface area contributed by atoms with Crippen LogP contribution in [0.4, 0.5) is 5.82 Å². The Morgan fingerprint density at radius 1 is 1.11 bits per heavy atom. The highest BCUT2D eigenvalue weighted by Crippen LogP contribution is 2.27.